The second-order valence-electron chi connectivity index (χ2n) is 6.58. The number of hydrogen-bond acceptors (Lipinski definition) is 2. The molecule has 1 atom stereocenters. The fourth-order valence-corrected chi connectivity index (χ4v) is 2.26. The molecule has 0 radical (unpaired) electrons. The van der Waals surface area contributed by atoms with Crippen LogP contribution in [-0.4, -0.2) is 5.97 Å². The molecular weight excluding hydrogens is 296 g/mol. The van der Waals surface area contributed by atoms with Crippen molar-refractivity contribution in [2.45, 2.75) is 53.6 Å². The predicted octanol–water partition coefficient (Wildman–Crippen LogP) is 6.00. The number of esters is 1. The monoisotopic (exact) mass is 326 g/mol. The molecule has 0 aliphatic heterocycles. The van der Waals surface area contributed by atoms with Gasteiger partial charge in [0, 0.05) is 6.08 Å². The lowest BCUT2D eigenvalue weighted by molar-refractivity contribution is -0.139. The van der Waals surface area contributed by atoms with Gasteiger partial charge in [-0.3, -0.25) is 0 Å². The van der Waals surface area contributed by atoms with Crippen molar-refractivity contribution in [3.63, 3.8) is 0 Å². The van der Waals surface area contributed by atoms with Crippen molar-refractivity contribution in [3.05, 3.63) is 71.3 Å². The third kappa shape index (κ3) is 9.83. The number of carbonyl (C=O) groups is 1. The maximum Gasteiger partial charge on any atom is 0.331 e. The smallest absolute Gasteiger partial charge is 0.331 e. The number of allylic oxidation sites excluding steroid dienone is 5. The van der Waals surface area contributed by atoms with Crippen LogP contribution in [0.3, 0.4) is 0 Å². The van der Waals surface area contributed by atoms with E-state index >= 15 is 0 Å². The van der Waals surface area contributed by atoms with Gasteiger partial charge in [0.05, 0.1) is 0 Å². The second kappa shape index (κ2) is 11.4. The van der Waals surface area contributed by atoms with E-state index in [1.807, 2.05) is 43.3 Å². The van der Waals surface area contributed by atoms with Crippen LogP contribution in [-0.2, 0) is 16.1 Å². The zero-order valence-corrected chi connectivity index (χ0v) is 15.4. The molecule has 2 nitrogen and oxygen atoms in total. The highest BCUT2D eigenvalue weighted by atomic mass is 16.5. The first-order chi connectivity index (χ1) is 11.5. The van der Waals surface area contributed by atoms with E-state index < -0.39 is 0 Å². The number of hydrogen-bond donors (Lipinski definition) is 0. The van der Waals surface area contributed by atoms with Crippen LogP contribution in [0.2, 0.25) is 0 Å². The highest BCUT2D eigenvalue weighted by molar-refractivity contribution is 5.83. The Balaban J connectivity index is 2.31. The standard InChI is InChI=1S/C22H30O2/c1-18(2)10-8-11-19(3)12-9-13-20(4)16-22(23)24-17-21-14-6-5-7-15-21/h5-7,9-10,13-16,19H,8,11-12,17H2,1-4H3. The van der Waals surface area contributed by atoms with E-state index in [4.69, 9.17) is 4.74 Å². The summed E-state index contributed by atoms with van der Waals surface area (Å²) in [6, 6.07) is 9.71. The van der Waals surface area contributed by atoms with Gasteiger partial charge < -0.3 is 4.74 Å². The molecule has 1 aromatic carbocycles. The molecule has 1 aromatic rings. The zero-order chi connectivity index (χ0) is 17.8. The topological polar surface area (TPSA) is 26.3 Å². The summed E-state index contributed by atoms with van der Waals surface area (Å²) >= 11 is 0. The van der Waals surface area contributed by atoms with Gasteiger partial charge in [-0.25, -0.2) is 4.79 Å². The van der Waals surface area contributed by atoms with Gasteiger partial charge in [0.1, 0.15) is 6.61 Å². The Labute approximate surface area is 146 Å². The van der Waals surface area contributed by atoms with Gasteiger partial charge in [-0.05, 0) is 57.1 Å². The number of rotatable bonds is 9. The van der Waals surface area contributed by atoms with Crippen LogP contribution < -0.4 is 0 Å². The van der Waals surface area contributed by atoms with E-state index in [2.05, 4.69) is 32.9 Å². The maximum absolute atomic E-state index is 11.8. The highest BCUT2D eigenvalue weighted by Crippen LogP contribution is 2.13. The van der Waals surface area contributed by atoms with E-state index in [1.165, 1.54) is 12.0 Å². The van der Waals surface area contributed by atoms with Gasteiger partial charge in [0.2, 0.25) is 0 Å². The van der Waals surface area contributed by atoms with Crippen molar-refractivity contribution in [2.75, 3.05) is 0 Å². The molecule has 0 aliphatic rings. The van der Waals surface area contributed by atoms with Crippen molar-refractivity contribution < 1.29 is 9.53 Å². The number of benzene rings is 1. The Kier molecular flexibility index (Phi) is 9.52. The molecule has 0 bridgehead atoms. The fraction of sp³-hybridized carbons (Fsp3) is 0.409. The highest BCUT2D eigenvalue weighted by Gasteiger charge is 2.00. The van der Waals surface area contributed by atoms with Crippen LogP contribution in [0.25, 0.3) is 0 Å². The lowest BCUT2D eigenvalue weighted by atomic mass is 10.0. The minimum atomic E-state index is -0.294. The first-order valence-electron chi connectivity index (χ1n) is 8.66. The van der Waals surface area contributed by atoms with E-state index in [-0.39, 0.29) is 5.97 Å². The summed E-state index contributed by atoms with van der Waals surface area (Å²) in [5.74, 6) is 0.354. The van der Waals surface area contributed by atoms with Crippen LogP contribution in [0.5, 0.6) is 0 Å². The Morgan fingerprint density at radius 2 is 1.88 bits per heavy atom. The lowest BCUT2D eigenvalue weighted by Crippen LogP contribution is -2.01. The Bertz CT molecular complexity index is 575. The average molecular weight is 326 g/mol. The van der Waals surface area contributed by atoms with Gasteiger partial charge in [-0.2, -0.15) is 0 Å². The first kappa shape index (κ1) is 20.0. The van der Waals surface area contributed by atoms with Crippen molar-refractivity contribution in [1.29, 1.82) is 0 Å². The fourth-order valence-electron chi connectivity index (χ4n) is 2.26. The van der Waals surface area contributed by atoms with Crippen LogP contribution in [0.15, 0.2) is 65.8 Å². The molecule has 130 valence electrons. The summed E-state index contributed by atoms with van der Waals surface area (Å²) in [4.78, 5) is 11.8. The maximum atomic E-state index is 11.8. The Morgan fingerprint density at radius 1 is 1.17 bits per heavy atom. The molecule has 1 rings (SSSR count). The van der Waals surface area contributed by atoms with E-state index in [0.29, 0.717) is 12.5 Å². The van der Waals surface area contributed by atoms with Gasteiger partial charge in [-0.15, -0.1) is 0 Å². The molecule has 0 fully saturated rings. The summed E-state index contributed by atoms with van der Waals surface area (Å²) in [6.45, 7) is 8.77. The second-order valence-corrected chi connectivity index (χ2v) is 6.58. The molecule has 0 spiro atoms. The van der Waals surface area contributed by atoms with Gasteiger partial charge in [0.15, 0.2) is 0 Å². The predicted molar refractivity (Wildman–Crippen MR) is 102 cm³/mol. The Morgan fingerprint density at radius 3 is 2.54 bits per heavy atom. The van der Waals surface area contributed by atoms with Crippen LogP contribution in [0, 0.1) is 5.92 Å². The average Bonchev–Trinajstić information content (AvgIpc) is 2.53. The van der Waals surface area contributed by atoms with Gasteiger partial charge in [0.25, 0.3) is 0 Å². The third-order valence-corrected chi connectivity index (χ3v) is 3.70. The molecule has 0 N–H and O–H groups in total. The molecule has 0 heterocycles. The normalized spacial score (nSPS) is 12.9. The quantitative estimate of drug-likeness (QED) is 0.240. The van der Waals surface area contributed by atoms with Crippen LogP contribution in [0.1, 0.15) is 52.5 Å². The van der Waals surface area contributed by atoms with Crippen LogP contribution >= 0.6 is 0 Å². The van der Waals surface area contributed by atoms with E-state index in [1.54, 1.807) is 6.08 Å². The van der Waals surface area contributed by atoms with Gasteiger partial charge >= 0.3 is 5.97 Å². The summed E-state index contributed by atoms with van der Waals surface area (Å²) < 4.78 is 5.25. The number of carbonyl (C=O) groups excluding carboxylic acids is 1. The minimum Gasteiger partial charge on any atom is -0.458 e. The van der Waals surface area contributed by atoms with Crippen LogP contribution in [0.4, 0.5) is 0 Å². The lowest BCUT2D eigenvalue weighted by Gasteiger charge is -2.06. The van der Waals surface area contributed by atoms with Crippen molar-refractivity contribution >= 4 is 5.97 Å². The third-order valence-electron chi connectivity index (χ3n) is 3.70. The Hall–Kier alpha value is -2.09. The zero-order valence-electron chi connectivity index (χ0n) is 15.4. The largest absolute Gasteiger partial charge is 0.458 e. The molecule has 0 aromatic heterocycles. The number of ether oxygens (including phenoxy) is 1. The van der Waals surface area contributed by atoms with Crippen molar-refractivity contribution in [1.82, 2.24) is 0 Å². The summed E-state index contributed by atoms with van der Waals surface area (Å²) in [6.07, 6.45) is 11.3. The van der Waals surface area contributed by atoms with Crippen molar-refractivity contribution in [3.8, 4) is 0 Å². The molecule has 2 heteroatoms. The summed E-state index contributed by atoms with van der Waals surface area (Å²) in [5.41, 5.74) is 3.30. The molecule has 0 saturated heterocycles. The summed E-state index contributed by atoms with van der Waals surface area (Å²) in [5, 5.41) is 0. The van der Waals surface area contributed by atoms with Gasteiger partial charge in [-0.1, -0.05) is 61.1 Å². The van der Waals surface area contributed by atoms with E-state index in [9.17, 15) is 4.79 Å². The SMILES string of the molecule is CC(C)=CCCC(C)CC=CC(C)=CC(=O)OCc1ccccc1. The molecule has 0 amide bonds. The van der Waals surface area contributed by atoms with E-state index in [0.717, 1.165) is 24.0 Å². The molecule has 0 aliphatic carbocycles. The first-order valence-corrected chi connectivity index (χ1v) is 8.66. The molecule has 1 unspecified atom stereocenters. The van der Waals surface area contributed by atoms with Crippen molar-refractivity contribution in [2.24, 2.45) is 5.92 Å². The summed E-state index contributed by atoms with van der Waals surface area (Å²) in [7, 11) is 0. The molecule has 24 heavy (non-hydrogen) atoms. The molecule has 0 saturated carbocycles. The molecular formula is C22H30O2. The minimum absolute atomic E-state index is 0.294.